The molecule has 3 N–H and O–H groups in total. The van der Waals surface area contributed by atoms with Crippen LogP contribution in [0, 0.1) is 0 Å². The first-order valence-corrected chi connectivity index (χ1v) is 6.83. The summed E-state index contributed by atoms with van der Waals surface area (Å²) in [4.78, 5) is 16.1. The lowest BCUT2D eigenvalue weighted by molar-refractivity contribution is -0.116. The van der Waals surface area contributed by atoms with E-state index in [0.717, 1.165) is 12.2 Å². The standard InChI is InChI=1S/C14H17ClN4O/c1-2-13-17-6-8-19(13)7-5-14(20)18-12-4-3-10(16)9-11(12)15/h3-4,6,8-9H,2,5,7,16H2,1H3,(H,18,20). The Kier molecular flexibility index (Phi) is 4.63. The average Bonchev–Trinajstić information content (AvgIpc) is 2.87. The Balaban J connectivity index is 1.93. The van der Waals surface area contributed by atoms with Crippen molar-refractivity contribution in [3.8, 4) is 0 Å². The number of amides is 1. The minimum absolute atomic E-state index is 0.0903. The van der Waals surface area contributed by atoms with Gasteiger partial charge < -0.3 is 15.6 Å². The fourth-order valence-electron chi connectivity index (χ4n) is 1.93. The number of aromatic nitrogens is 2. The highest BCUT2D eigenvalue weighted by Crippen LogP contribution is 2.24. The third-order valence-electron chi connectivity index (χ3n) is 2.96. The van der Waals surface area contributed by atoms with E-state index in [1.165, 1.54) is 0 Å². The van der Waals surface area contributed by atoms with Crippen molar-refractivity contribution < 1.29 is 4.79 Å². The van der Waals surface area contributed by atoms with E-state index in [1.54, 1.807) is 24.4 Å². The molecule has 0 spiro atoms. The summed E-state index contributed by atoms with van der Waals surface area (Å²) in [7, 11) is 0. The average molecular weight is 293 g/mol. The van der Waals surface area contributed by atoms with Crippen molar-refractivity contribution in [1.82, 2.24) is 9.55 Å². The molecule has 0 bridgehead atoms. The molecule has 1 heterocycles. The predicted octanol–water partition coefficient (Wildman–Crippen LogP) is 2.71. The maximum atomic E-state index is 11.9. The second-order valence-electron chi connectivity index (χ2n) is 4.43. The van der Waals surface area contributed by atoms with Crippen LogP contribution >= 0.6 is 11.6 Å². The van der Waals surface area contributed by atoms with Crippen molar-refractivity contribution in [2.24, 2.45) is 0 Å². The van der Waals surface area contributed by atoms with Crippen LogP contribution in [0.2, 0.25) is 5.02 Å². The summed E-state index contributed by atoms with van der Waals surface area (Å²) in [6, 6.07) is 5.01. The van der Waals surface area contributed by atoms with Crippen LogP contribution in [0.4, 0.5) is 11.4 Å². The van der Waals surface area contributed by atoms with Gasteiger partial charge in [-0.05, 0) is 18.2 Å². The number of imidazole rings is 1. The first-order chi connectivity index (χ1) is 9.60. The lowest BCUT2D eigenvalue weighted by Crippen LogP contribution is -2.15. The second-order valence-corrected chi connectivity index (χ2v) is 4.84. The van der Waals surface area contributed by atoms with Crippen molar-refractivity contribution in [2.75, 3.05) is 11.1 Å². The van der Waals surface area contributed by atoms with E-state index in [0.29, 0.717) is 29.4 Å². The molecule has 0 aliphatic rings. The van der Waals surface area contributed by atoms with Crippen LogP contribution in [0.15, 0.2) is 30.6 Å². The summed E-state index contributed by atoms with van der Waals surface area (Å²) in [5.41, 5.74) is 6.75. The van der Waals surface area contributed by atoms with E-state index in [-0.39, 0.29) is 5.91 Å². The number of aryl methyl sites for hydroxylation is 2. The van der Waals surface area contributed by atoms with Crippen molar-refractivity contribution in [1.29, 1.82) is 0 Å². The lowest BCUT2D eigenvalue weighted by Gasteiger charge is -2.09. The van der Waals surface area contributed by atoms with Gasteiger partial charge in [0.05, 0.1) is 10.7 Å². The van der Waals surface area contributed by atoms with E-state index in [9.17, 15) is 4.79 Å². The number of carbonyl (C=O) groups is 1. The molecule has 20 heavy (non-hydrogen) atoms. The molecular weight excluding hydrogens is 276 g/mol. The summed E-state index contributed by atoms with van der Waals surface area (Å²) in [6.45, 7) is 2.63. The summed E-state index contributed by atoms with van der Waals surface area (Å²) in [5, 5.41) is 3.22. The van der Waals surface area contributed by atoms with Crippen molar-refractivity contribution in [3.05, 3.63) is 41.4 Å². The molecule has 0 unspecified atom stereocenters. The number of nitrogen functional groups attached to an aromatic ring is 1. The Bertz CT molecular complexity index is 609. The number of anilines is 2. The van der Waals surface area contributed by atoms with Gasteiger partial charge in [-0.25, -0.2) is 4.98 Å². The van der Waals surface area contributed by atoms with Crippen molar-refractivity contribution >= 4 is 28.9 Å². The van der Waals surface area contributed by atoms with Gasteiger partial charge in [-0.2, -0.15) is 0 Å². The molecular formula is C14H17ClN4O. The molecule has 0 atom stereocenters. The van der Waals surface area contributed by atoms with Crippen LogP contribution in [0.1, 0.15) is 19.2 Å². The van der Waals surface area contributed by atoms with E-state index in [4.69, 9.17) is 17.3 Å². The SMILES string of the molecule is CCc1nccn1CCC(=O)Nc1ccc(N)cc1Cl. The fraction of sp³-hybridized carbons (Fsp3) is 0.286. The number of nitrogens with zero attached hydrogens (tertiary/aromatic N) is 2. The Morgan fingerprint density at radius 1 is 1.50 bits per heavy atom. The highest BCUT2D eigenvalue weighted by molar-refractivity contribution is 6.34. The highest BCUT2D eigenvalue weighted by atomic mass is 35.5. The van der Waals surface area contributed by atoms with E-state index >= 15 is 0 Å². The molecule has 1 aromatic carbocycles. The van der Waals surface area contributed by atoms with Crippen molar-refractivity contribution in [3.63, 3.8) is 0 Å². The topological polar surface area (TPSA) is 72.9 Å². The number of hydrogen-bond acceptors (Lipinski definition) is 3. The molecule has 0 aliphatic heterocycles. The lowest BCUT2D eigenvalue weighted by atomic mass is 10.2. The minimum Gasteiger partial charge on any atom is -0.399 e. The van der Waals surface area contributed by atoms with Gasteiger partial charge in [0.25, 0.3) is 0 Å². The smallest absolute Gasteiger partial charge is 0.226 e. The van der Waals surface area contributed by atoms with Gasteiger partial charge in [0.15, 0.2) is 0 Å². The Labute approximate surface area is 122 Å². The monoisotopic (exact) mass is 292 g/mol. The molecule has 0 radical (unpaired) electrons. The van der Waals surface area contributed by atoms with Gasteiger partial charge in [0.2, 0.25) is 5.91 Å². The Hall–Kier alpha value is -2.01. The maximum absolute atomic E-state index is 11.9. The van der Waals surface area contributed by atoms with Crippen LogP contribution in [-0.2, 0) is 17.8 Å². The number of nitrogens with one attached hydrogen (secondary N) is 1. The molecule has 5 nitrogen and oxygen atoms in total. The van der Waals surface area contributed by atoms with Gasteiger partial charge in [0.1, 0.15) is 5.82 Å². The van der Waals surface area contributed by atoms with Gasteiger partial charge in [-0.3, -0.25) is 4.79 Å². The molecule has 0 saturated carbocycles. The van der Waals surface area contributed by atoms with Crippen LogP contribution in [0.5, 0.6) is 0 Å². The summed E-state index contributed by atoms with van der Waals surface area (Å²) >= 11 is 6.01. The van der Waals surface area contributed by atoms with E-state index in [1.807, 2.05) is 17.7 Å². The molecule has 0 fully saturated rings. The molecule has 0 aliphatic carbocycles. The fourth-order valence-corrected chi connectivity index (χ4v) is 2.16. The highest BCUT2D eigenvalue weighted by Gasteiger charge is 2.07. The zero-order valence-electron chi connectivity index (χ0n) is 11.3. The normalized spacial score (nSPS) is 10.5. The number of nitrogens with two attached hydrogens (primary N) is 1. The molecule has 2 rings (SSSR count). The van der Waals surface area contributed by atoms with Crippen molar-refractivity contribution in [2.45, 2.75) is 26.3 Å². The van der Waals surface area contributed by atoms with E-state index in [2.05, 4.69) is 10.3 Å². The zero-order valence-corrected chi connectivity index (χ0v) is 12.0. The first-order valence-electron chi connectivity index (χ1n) is 6.45. The van der Waals surface area contributed by atoms with Crippen LogP contribution in [0.25, 0.3) is 0 Å². The summed E-state index contributed by atoms with van der Waals surface area (Å²) in [5.74, 6) is 0.885. The number of carbonyl (C=O) groups excluding carboxylic acids is 1. The zero-order chi connectivity index (χ0) is 14.5. The molecule has 2 aromatic rings. The quantitative estimate of drug-likeness (QED) is 0.832. The first kappa shape index (κ1) is 14.4. The third-order valence-corrected chi connectivity index (χ3v) is 3.28. The Morgan fingerprint density at radius 3 is 3.00 bits per heavy atom. The predicted molar refractivity (Wildman–Crippen MR) is 80.7 cm³/mol. The minimum atomic E-state index is -0.0903. The van der Waals surface area contributed by atoms with E-state index < -0.39 is 0 Å². The van der Waals surface area contributed by atoms with Crippen LogP contribution in [0.3, 0.4) is 0 Å². The second kappa shape index (κ2) is 6.43. The van der Waals surface area contributed by atoms with Gasteiger partial charge in [0, 0.05) is 37.5 Å². The van der Waals surface area contributed by atoms with Gasteiger partial charge >= 0.3 is 0 Å². The molecule has 1 aromatic heterocycles. The molecule has 1 amide bonds. The Morgan fingerprint density at radius 2 is 2.30 bits per heavy atom. The van der Waals surface area contributed by atoms with Gasteiger partial charge in [-0.15, -0.1) is 0 Å². The number of hydrogen-bond donors (Lipinski definition) is 2. The maximum Gasteiger partial charge on any atom is 0.226 e. The van der Waals surface area contributed by atoms with Crippen LogP contribution in [-0.4, -0.2) is 15.5 Å². The summed E-state index contributed by atoms with van der Waals surface area (Å²) in [6.07, 6.45) is 4.83. The molecule has 6 heteroatoms. The summed E-state index contributed by atoms with van der Waals surface area (Å²) < 4.78 is 1.98. The third kappa shape index (κ3) is 3.51. The van der Waals surface area contributed by atoms with Gasteiger partial charge in [-0.1, -0.05) is 18.5 Å². The molecule has 0 saturated heterocycles. The number of halogens is 1. The number of benzene rings is 1. The van der Waals surface area contributed by atoms with Crippen LogP contribution < -0.4 is 11.1 Å². The number of rotatable bonds is 5. The molecule has 106 valence electrons. The largest absolute Gasteiger partial charge is 0.399 e.